The van der Waals surface area contributed by atoms with Gasteiger partial charge in [-0.05, 0) is 30.9 Å². The molecule has 2 aromatic carbocycles. The van der Waals surface area contributed by atoms with Crippen LogP contribution in [0.25, 0.3) is 0 Å². The highest BCUT2D eigenvalue weighted by Crippen LogP contribution is 2.13. The molecule has 1 saturated heterocycles. The summed E-state index contributed by atoms with van der Waals surface area (Å²) < 4.78 is 0. The lowest BCUT2D eigenvalue weighted by Gasteiger charge is -2.31. The summed E-state index contributed by atoms with van der Waals surface area (Å²) in [6.07, 6.45) is 0.224. The predicted octanol–water partition coefficient (Wildman–Crippen LogP) is 0.667. The van der Waals surface area contributed by atoms with Crippen molar-refractivity contribution in [2.24, 2.45) is 5.92 Å². The number of carbonyl (C=O) groups excluding carboxylic acids is 5. The molecule has 1 heterocycles. The molecule has 1 fully saturated rings. The zero-order chi connectivity index (χ0) is 30.8. The highest BCUT2D eigenvalue weighted by atomic mass is 16.2. The van der Waals surface area contributed by atoms with Gasteiger partial charge in [0.25, 0.3) is 0 Å². The SMILES string of the molecule is CC(C)[C@H]1NC(=O)[C@H](C)N(C)C(=O)[C@H](Cc2ccccc2)NC(=O)CNC[C@@H](c2ccccc2)NC(=O)[C@H](C)NC1=O. The van der Waals surface area contributed by atoms with Crippen LogP contribution < -0.4 is 26.6 Å². The normalized spacial score (nSPS) is 25.5. The van der Waals surface area contributed by atoms with Gasteiger partial charge in [-0.3, -0.25) is 24.0 Å². The molecule has 0 aromatic heterocycles. The number of benzene rings is 2. The predicted molar refractivity (Wildman–Crippen MR) is 159 cm³/mol. The highest BCUT2D eigenvalue weighted by Gasteiger charge is 2.33. The summed E-state index contributed by atoms with van der Waals surface area (Å²) in [5.41, 5.74) is 1.65. The fraction of sp³-hybridized carbons (Fsp3) is 0.452. The summed E-state index contributed by atoms with van der Waals surface area (Å²) >= 11 is 0. The summed E-state index contributed by atoms with van der Waals surface area (Å²) in [4.78, 5) is 67.5. The Hall–Kier alpha value is -4.25. The summed E-state index contributed by atoms with van der Waals surface area (Å²) in [6, 6.07) is 14.3. The Bertz CT molecular complexity index is 1240. The average Bonchev–Trinajstić information content (AvgIpc) is 2.97. The van der Waals surface area contributed by atoms with Crippen LogP contribution in [0.3, 0.4) is 0 Å². The van der Waals surface area contributed by atoms with E-state index >= 15 is 0 Å². The zero-order valence-electron chi connectivity index (χ0n) is 24.8. The maximum absolute atomic E-state index is 13.6. The van der Waals surface area contributed by atoms with Crippen molar-refractivity contribution in [1.29, 1.82) is 0 Å². The lowest BCUT2D eigenvalue weighted by atomic mass is 10.0. The molecule has 3 rings (SSSR count). The van der Waals surface area contributed by atoms with Gasteiger partial charge < -0.3 is 31.5 Å². The molecule has 5 amide bonds. The number of likely N-dealkylation sites (N-methyl/N-ethyl adjacent to an activating group) is 1. The van der Waals surface area contributed by atoms with Crippen LogP contribution in [-0.4, -0.2) is 78.7 Å². The first-order chi connectivity index (χ1) is 20.0. The third kappa shape index (κ3) is 8.87. The number of amides is 5. The molecule has 11 nitrogen and oxygen atoms in total. The van der Waals surface area contributed by atoms with Crippen LogP contribution in [0.5, 0.6) is 0 Å². The second-order valence-electron chi connectivity index (χ2n) is 11.0. The molecular formula is C31H42N6O5. The molecule has 0 bridgehead atoms. The first-order valence-electron chi connectivity index (χ1n) is 14.2. The Kier molecular flexibility index (Phi) is 11.6. The number of hydrogen-bond donors (Lipinski definition) is 5. The van der Waals surface area contributed by atoms with Gasteiger partial charge >= 0.3 is 0 Å². The summed E-state index contributed by atoms with van der Waals surface area (Å²) in [5.74, 6) is -2.60. The lowest BCUT2D eigenvalue weighted by molar-refractivity contribution is -0.142. The number of hydrogen-bond acceptors (Lipinski definition) is 6. The third-order valence-corrected chi connectivity index (χ3v) is 7.38. The van der Waals surface area contributed by atoms with Crippen molar-refractivity contribution in [3.63, 3.8) is 0 Å². The molecule has 0 saturated carbocycles. The van der Waals surface area contributed by atoms with Crippen LogP contribution in [0.4, 0.5) is 0 Å². The van der Waals surface area contributed by atoms with E-state index in [4.69, 9.17) is 0 Å². The molecule has 226 valence electrons. The maximum atomic E-state index is 13.6. The maximum Gasteiger partial charge on any atom is 0.245 e. The van der Waals surface area contributed by atoms with Crippen molar-refractivity contribution in [3.05, 3.63) is 71.8 Å². The Morgan fingerprint density at radius 3 is 2.02 bits per heavy atom. The van der Waals surface area contributed by atoms with E-state index in [0.717, 1.165) is 11.1 Å². The summed E-state index contributed by atoms with van der Waals surface area (Å²) in [6.45, 7) is 6.80. The number of carbonyl (C=O) groups is 5. The van der Waals surface area contributed by atoms with E-state index in [1.54, 1.807) is 27.7 Å². The molecular weight excluding hydrogens is 536 g/mol. The standard InChI is InChI=1S/C31H42N6O5/c1-19(2)27-30(41)33-20(3)28(39)35-25(23-14-10-7-11-15-23)17-32-18-26(38)34-24(16-22-12-8-6-9-13-22)31(42)37(5)21(4)29(40)36-27/h6-15,19-21,24-25,27,32H,16-18H2,1-5H3,(H,33,41)(H,34,38)(H,35,39)(H,36,40)/t20-,21-,24-,25-,27+/m0/s1. The second-order valence-corrected chi connectivity index (χ2v) is 11.0. The first-order valence-corrected chi connectivity index (χ1v) is 14.2. The van der Waals surface area contributed by atoms with Gasteiger partial charge in [0, 0.05) is 20.0 Å². The fourth-order valence-corrected chi connectivity index (χ4v) is 4.65. The molecule has 1 aliphatic rings. The van der Waals surface area contributed by atoms with Gasteiger partial charge in [0.2, 0.25) is 29.5 Å². The smallest absolute Gasteiger partial charge is 0.245 e. The van der Waals surface area contributed by atoms with E-state index < -0.39 is 59.7 Å². The molecule has 5 atom stereocenters. The minimum atomic E-state index is -0.941. The Balaban J connectivity index is 1.92. The van der Waals surface area contributed by atoms with Crippen molar-refractivity contribution < 1.29 is 24.0 Å². The Labute approximate surface area is 247 Å². The van der Waals surface area contributed by atoms with Crippen molar-refractivity contribution in [2.75, 3.05) is 20.1 Å². The molecule has 0 radical (unpaired) electrons. The van der Waals surface area contributed by atoms with Crippen LogP contribution in [0, 0.1) is 5.92 Å². The van der Waals surface area contributed by atoms with Crippen LogP contribution in [0.15, 0.2) is 60.7 Å². The average molecular weight is 579 g/mol. The van der Waals surface area contributed by atoms with E-state index in [-0.39, 0.29) is 25.4 Å². The molecule has 11 heteroatoms. The number of nitrogens with zero attached hydrogens (tertiary/aromatic N) is 1. The highest BCUT2D eigenvalue weighted by molar-refractivity contribution is 5.95. The van der Waals surface area contributed by atoms with E-state index in [2.05, 4.69) is 26.6 Å². The van der Waals surface area contributed by atoms with Crippen LogP contribution in [0.2, 0.25) is 0 Å². The second kappa shape index (κ2) is 15.1. The molecule has 42 heavy (non-hydrogen) atoms. The number of rotatable bonds is 4. The minimum Gasteiger partial charge on any atom is -0.346 e. The quantitative estimate of drug-likeness (QED) is 0.360. The number of nitrogens with one attached hydrogen (secondary N) is 5. The van der Waals surface area contributed by atoms with Crippen molar-refractivity contribution in [2.45, 2.75) is 64.3 Å². The third-order valence-electron chi connectivity index (χ3n) is 7.38. The molecule has 0 aliphatic carbocycles. The van der Waals surface area contributed by atoms with Crippen molar-refractivity contribution >= 4 is 29.5 Å². The van der Waals surface area contributed by atoms with Gasteiger partial charge in [-0.15, -0.1) is 0 Å². The van der Waals surface area contributed by atoms with E-state index in [0.29, 0.717) is 0 Å². The van der Waals surface area contributed by atoms with Crippen molar-refractivity contribution in [1.82, 2.24) is 31.5 Å². The molecule has 1 aliphatic heterocycles. The molecule has 0 spiro atoms. The first kappa shape index (κ1) is 32.3. The van der Waals surface area contributed by atoms with Crippen LogP contribution >= 0.6 is 0 Å². The van der Waals surface area contributed by atoms with Gasteiger partial charge in [-0.25, -0.2) is 0 Å². The lowest BCUT2D eigenvalue weighted by Crippen LogP contribution is -2.59. The van der Waals surface area contributed by atoms with Crippen molar-refractivity contribution in [3.8, 4) is 0 Å². The Morgan fingerprint density at radius 1 is 0.786 bits per heavy atom. The van der Waals surface area contributed by atoms with E-state index in [1.165, 1.54) is 11.9 Å². The topological polar surface area (TPSA) is 149 Å². The fourth-order valence-electron chi connectivity index (χ4n) is 4.65. The van der Waals surface area contributed by atoms with Gasteiger partial charge in [-0.2, -0.15) is 0 Å². The minimum absolute atomic E-state index is 0.111. The zero-order valence-corrected chi connectivity index (χ0v) is 24.8. The van der Waals surface area contributed by atoms with Crippen LogP contribution in [0.1, 0.15) is 44.9 Å². The Morgan fingerprint density at radius 2 is 1.40 bits per heavy atom. The van der Waals surface area contributed by atoms with Gasteiger partial charge in [0.1, 0.15) is 24.2 Å². The van der Waals surface area contributed by atoms with Gasteiger partial charge in [-0.1, -0.05) is 74.5 Å². The molecule has 0 unspecified atom stereocenters. The van der Waals surface area contributed by atoms with Crippen LogP contribution in [-0.2, 0) is 30.4 Å². The van der Waals surface area contributed by atoms with E-state index in [9.17, 15) is 24.0 Å². The van der Waals surface area contributed by atoms with E-state index in [1.807, 2.05) is 60.7 Å². The van der Waals surface area contributed by atoms with Gasteiger partial charge in [0.05, 0.1) is 12.6 Å². The largest absolute Gasteiger partial charge is 0.346 e. The van der Waals surface area contributed by atoms with Gasteiger partial charge in [0.15, 0.2) is 0 Å². The summed E-state index contributed by atoms with van der Waals surface area (Å²) in [7, 11) is 1.49. The monoisotopic (exact) mass is 578 g/mol. The molecule has 2 aromatic rings. The summed E-state index contributed by atoms with van der Waals surface area (Å²) in [5, 5.41) is 14.3. The molecule has 5 N–H and O–H groups in total.